The summed E-state index contributed by atoms with van der Waals surface area (Å²) in [4.78, 5) is 18.5. The van der Waals surface area contributed by atoms with Crippen LogP contribution in [0.4, 0.5) is 10.3 Å². The molecule has 0 N–H and O–H groups in total. The lowest BCUT2D eigenvalue weighted by atomic mass is 10.0. The Hall–Kier alpha value is -4.00. The Morgan fingerprint density at radius 2 is 1.68 bits per heavy atom. The number of nitrogens with zero attached hydrogens (tertiary/aromatic N) is 3. The minimum absolute atomic E-state index is 0.165. The van der Waals surface area contributed by atoms with Crippen LogP contribution in [-0.4, -0.2) is 30.2 Å². The number of rotatable bonds is 6. The second-order valence-corrected chi connectivity index (χ2v) is 6.93. The van der Waals surface area contributed by atoms with E-state index in [1.54, 1.807) is 38.7 Å². The molecule has 4 rings (SSSR count). The Balaban J connectivity index is 1.69. The van der Waals surface area contributed by atoms with Gasteiger partial charge in [0.15, 0.2) is 0 Å². The maximum atomic E-state index is 13.4. The summed E-state index contributed by atoms with van der Waals surface area (Å²) in [5.41, 5.74) is 3.47. The number of anilines is 1. The molecule has 0 bridgehead atoms. The van der Waals surface area contributed by atoms with Crippen LogP contribution >= 0.6 is 0 Å². The van der Waals surface area contributed by atoms with E-state index in [0.29, 0.717) is 22.7 Å². The zero-order valence-corrected chi connectivity index (χ0v) is 17.1. The summed E-state index contributed by atoms with van der Waals surface area (Å²) >= 11 is 0. The Kier molecular flexibility index (Phi) is 5.75. The standard InChI is InChI=1S/C24H20FN3O3/c1-28(21(29)15-16-3-9-20(30-2)10-4-16)24-22(17-11-13-26-14-12-17)23(27-31-24)18-5-7-19(25)8-6-18/h3-14H,15H2,1-2H3. The third kappa shape index (κ3) is 4.30. The first-order valence-corrected chi connectivity index (χ1v) is 9.62. The van der Waals surface area contributed by atoms with E-state index >= 15 is 0 Å². The van der Waals surface area contributed by atoms with Gasteiger partial charge in [-0.3, -0.25) is 14.7 Å². The molecule has 1 amide bonds. The van der Waals surface area contributed by atoms with Crippen molar-refractivity contribution in [3.63, 3.8) is 0 Å². The van der Waals surface area contributed by atoms with Gasteiger partial charge in [-0.05, 0) is 59.7 Å². The van der Waals surface area contributed by atoms with Crippen molar-refractivity contribution in [2.75, 3.05) is 19.1 Å². The van der Waals surface area contributed by atoms with E-state index < -0.39 is 0 Å². The van der Waals surface area contributed by atoms with Crippen LogP contribution in [0, 0.1) is 5.82 Å². The summed E-state index contributed by atoms with van der Waals surface area (Å²) in [7, 11) is 3.24. The molecular weight excluding hydrogens is 397 g/mol. The number of carbonyl (C=O) groups excluding carboxylic acids is 1. The Morgan fingerprint density at radius 1 is 1.00 bits per heavy atom. The van der Waals surface area contributed by atoms with Gasteiger partial charge in [0.1, 0.15) is 17.3 Å². The number of hydrogen-bond donors (Lipinski definition) is 0. The molecule has 0 saturated heterocycles. The van der Waals surface area contributed by atoms with Crippen molar-refractivity contribution in [1.82, 2.24) is 10.1 Å². The van der Waals surface area contributed by atoms with Gasteiger partial charge in [-0.15, -0.1) is 0 Å². The lowest BCUT2D eigenvalue weighted by molar-refractivity contribution is -0.117. The monoisotopic (exact) mass is 417 g/mol. The number of carbonyl (C=O) groups is 1. The number of ether oxygens (including phenoxy) is 1. The van der Waals surface area contributed by atoms with Crippen LogP contribution in [0.2, 0.25) is 0 Å². The Labute approximate surface area is 178 Å². The van der Waals surface area contributed by atoms with Crippen LogP contribution < -0.4 is 9.64 Å². The van der Waals surface area contributed by atoms with Crippen molar-refractivity contribution in [2.45, 2.75) is 6.42 Å². The molecule has 2 aromatic carbocycles. The van der Waals surface area contributed by atoms with Gasteiger partial charge in [0.2, 0.25) is 11.8 Å². The molecule has 6 nitrogen and oxygen atoms in total. The zero-order chi connectivity index (χ0) is 21.8. The van der Waals surface area contributed by atoms with Crippen LogP contribution in [-0.2, 0) is 11.2 Å². The fourth-order valence-electron chi connectivity index (χ4n) is 3.24. The van der Waals surface area contributed by atoms with E-state index in [2.05, 4.69) is 10.1 Å². The van der Waals surface area contributed by atoms with E-state index in [4.69, 9.17) is 9.26 Å². The molecule has 4 aromatic rings. The molecule has 0 spiro atoms. The first-order valence-electron chi connectivity index (χ1n) is 9.62. The summed E-state index contributed by atoms with van der Waals surface area (Å²) in [5.74, 6) is 0.528. The summed E-state index contributed by atoms with van der Waals surface area (Å²) < 4.78 is 24.2. The highest BCUT2D eigenvalue weighted by molar-refractivity contribution is 5.99. The number of pyridine rings is 1. The topological polar surface area (TPSA) is 68.5 Å². The van der Waals surface area contributed by atoms with Gasteiger partial charge >= 0.3 is 0 Å². The number of aromatic nitrogens is 2. The van der Waals surface area contributed by atoms with E-state index in [-0.39, 0.29) is 18.1 Å². The molecule has 156 valence electrons. The molecular formula is C24H20FN3O3. The van der Waals surface area contributed by atoms with Gasteiger partial charge in [-0.25, -0.2) is 4.39 Å². The molecule has 0 fully saturated rings. The highest BCUT2D eigenvalue weighted by atomic mass is 19.1. The van der Waals surface area contributed by atoms with Gasteiger partial charge in [0.25, 0.3) is 0 Å². The normalized spacial score (nSPS) is 10.7. The summed E-state index contributed by atoms with van der Waals surface area (Å²) in [5, 5.41) is 4.20. The van der Waals surface area contributed by atoms with Crippen molar-refractivity contribution in [3.05, 3.63) is 84.4 Å². The van der Waals surface area contributed by atoms with Crippen molar-refractivity contribution < 1.29 is 18.4 Å². The van der Waals surface area contributed by atoms with E-state index in [1.807, 2.05) is 36.4 Å². The third-order valence-corrected chi connectivity index (χ3v) is 4.95. The molecule has 0 unspecified atom stereocenters. The first kappa shape index (κ1) is 20.3. The summed E-state index contributed by atoms with van der Waals surface area (Å²) in [6.07, 6.45) is 3.49. The highest BCUT2D eigenvalue weighted by Gasteiger charge is 2.25. The molecule has 2 aromatic heterocycles. The van der Waals surface area contributed by atoms with Crippen molar-refractivity contribution >= 4 is 11.8 Å². The van der Waals surface area contributed by atoms with Crippen molar-refractivity contribution in [3.8, 4) is 28.1 Å². The molecule has 0 aliphatic heterocycles. The smallest absolute Gasteiger partial charge is 0.242 e. The Morgan fingerprint density at radius 3 is 2.32 bits per heavy atom. The molecule has 0 aliphatic carbocycles. The largest absolute Gasteiger partial charge is 0.497 e. The fourth-order valence-corrected chi connectivity index (χ4v) is 3.24. The number of halogens is 1. The predicted octanol–water partition coefficient (Wildman–Crippen LogP) is 4.76. The summed E-state index contributed by atoms with van der Waals surface area (Å²) in [6, 6.07) is 16.9. The van der Waals surface area contributed by atoms with Crippen LogP contribution in [0.25, 0.3) is 22.4 Å². The Bertz CT molecular complexity index is 1170. The number of amides is 1. The van der Waals surface area contributed by atoms with Gasteiger partial charge in [-0.1, -0.05) is 17.3 Å². The van der Waals surface area contributed by atoms with Crippen molar-refractivity contribution in [2.24, 2.45) is 0 Å². The van der Waals surface area contributed by atoms with Crippen LogP contribution in [0.1, 0.15) is 5.56 Å². The van der Waals surface area contributed by atoms with Crippen LogP contribution in [0.15, 0.2) is 77.6 Å². The number of benzene rings is 2. The van der Waals surface area contributed by atoms with Gasteiger partial charge < -0.3 is 9.26 Å². The average Bonchev–Trinajstić information content (AvgIpc) is 3.25. The molecule has 7 heteroatoms. The molecule has 2 heterocycles. The van der Waals surface area contributed by atoms with Crippen LogP contribution in [0.3, 0.4) is 0 Å². The average molecular weight is 417 g/mol. The second-order valence-electron chi connectivity index (χ2n) is 6.93. The quantitative estimate of drug-likeness (QED) is 0.453. The number of likely N-dealkylation sites (N-methyl/N-ethyl adjacent to an activating group) is 1. The minimum atomic E-state index is -0.343. The summed E-state index contributed by atoms with van der Waals surface area (Å²) in [6.45, 7) is 0. The van der Waals surface area contributed by atoms with E-state index in [1.165, 1.54) is 17.0 Å². The molecule has 31 heavy (non-hydrogen) atoms. The van der Waals surface area contributed by atoms with Crippen LogP contribution in [0.5, 0.6) is 5.75 Å². The SMILES string of the molecule is COc1ccc(CC(=O)N(C)c2onc(-c3ccc(F)cc3)c2-c2ccncc2)cc1. The van der Waals surface area contributed by atoms with Gasteiger partial charge in [0.05, 0.1) is 19.1 Å². The molecule has 0 atom stereocenters. The third-order valence-electron chi connectivity index (χ3n) is 4.95. The van der Waals surface area contributed by atoms with Gasteiger partial charge in [0, 0.05) is 25.0 Å². The fraction of sp³-hybridized carbons (Fsp3) is 0.125. The van der Waals surface area contributed by atoms with Gasteiger partial charge in [-0.2, -0.15) is 0 Å². The first-order chi connectivity index (χ1) is 15.1. The maximum absolute atomic E-state index is 13.4. The number of methoxy groups -OCH3 is 1. The highest BCUT2D eigenvalue weighted by Crippen LogP contribution is 2.39. The minimum Gasteiger partial charge on any atom is -0.497 e. The lowest BCUT2D eigenvalue weighted by Crippen LogP contribution is -2.28. The van der Waals surface area contributed by atoms with E-state index in [0.717, 1.165) is 16.9 Å². The maximum Gasteiger partial charge on any atom is 0.242 e. The van der Waals surface area contributed by atoms with E-state index in [9.17, 15) is 9.18 Å². The predicted molar refractivity (Wildman–Crippen MR) is 115 cm³/mol. The van der Waals surface area contributed by atoms with Crippen molar-refractivity contribution in [1.29, 1.82) is 0 Å². The second kappa shape index (κ2) is 8.79. The zero-order valence-electron chi connectivity index (χ0n) is 17.1. The number of hydrogen-bond acceptors (Lipinski definition) is 5. The molecule has 0 aliphatic rings. The molecule has 0 saturated carbocycles. The lowest BCUT2D eigenvalue weighted by Gasteiger charge is -2.16. The molecule has 0 radical (unpaired) electrons.